The standard InChI is InChI=1S/C39H48BFNO5/c1-8-40(30-16-20-32(44-7)21-17-30)46-33(24-34(47-40)25-37(43)45-39(4,5)6)22-23-42-36(27(2)3)26-35(28-12-10-9-11-13-28)38(42)29-14-18-31(41)19-15-29/h9-21,26-27,33-34H,8,22-25H2,1-7H3/q-1/t33-,34-,40?/m1/s1. The van der Waals surface area contributed by atoms with E-state index in [9.17, 15) is 9.18 Å². The number of carbonyl (C=O) groups excluding carboxylic acids is 1. The van der Waals surface area contributed by atoms with E-state index in [2.05, 4.69) is 43.5 Å². The second-order valence-electron chi connectivity index (χ2n) is 13.9. The molecule has 1 fully saturated rings. The van der Waals surface area contributed by atoms with Gasteiger partial charge in [0, 0.05) is 30.0 Å². The van der Waals surface area contributed by atoms with Crippen molar-refractivity contribution in [3.63, 3.8) is 0 Å². The highest BCUT2D eigenvalue weighted by Crippen LogP contribution is 2.39. The molecule has 3 aromatic carbocycles. The van der Waals surface area contributed by atoms with Crippen LogP contribution in [0.4, 0.5) is 4.39 Å². The van der Waals surface area contributed by atoms with E-state index >= 15 is 0 Å². The van der Waals surface area contributed by atoms with Crippen LogP contribution in [0, 0.1) is 5.82 Å². The first kappa shape index (κ1) is 34.5. The van der Waals surface area contributed by atoms with Gasteiger partial charge < -0.3 is 23.3 Å². The van der Waals surface area contributed by atoms with Crippen molar-refractivity contribution in [2.24, 2.45) is 0 Å². The third kappa shape index (κ3) is 8.17. The molecule has 0 bridgehead atoms. The molecule has 250 valence electrons. The quantitative estimate of drug-likeness (QED) is 0.121. The zero-order valence-electron chi connectivity index (χ0n) is 28.8. The predicted octanol–water partition coefficient (Wildman–Crippen LogP) is 8.76. The van der Waals surface area contributed by atoms with E-state index in [4.69, 9.17) is 18.8 Å². The second kappa shape index (κ2) is 14.5. The Bertz CT molecular complexity index is 1630. The van der Waals surface area contributed by atoms with Crippen molar-refractivity contribution in [2.45, 2.75) is 97.4 Å². The summed E-state index contributed by atoms with van der Waals surface area (Å²) < 4.78 is 41.3. The maximum absolute atomic E-state index is 14.1. The van der Waals surface area contributed by atoms with E-state index in [-0.39, 0.29) is 36.3 Å². The molecule has 0 aliphatic carbocycles. The second-order valence-corrected chi connectivity index (χ2v) is 13.9. The molecule has 8 heteroatoms. The maximum Gasteiger partial charge on any atom is 0.308 e. The Morgan fingerprint density at radius 2 is 1.62 bits per heavy atom. The van der Waals surface area contributed by atoms with Crippen molar-refractivity contribution < 1.29 is 28.0 Å². The number of ether oxygens (including phenoxy) is 2. The smallest absolute Gasteiger partial charge is 0.308 e. The normalized spacial score (nSPS) is 19.9. The lowest BCUT2D eigenvalue weighted by atomic mass is 9.48. The van der Waals surface area contributed by atoms with Gasteiger partial charge in [-0.2, -0.15) is 5.46 Å². The molecule has 3 atom stereocenters. The average Bonchev–Trinajstić information content (AvgIpc) is 3.43. The summed E-state index contributed by atoms with van der Waals surface area (Å²) in [5.41, 5.74) is 5.79. The van der Waals surface area contributed by atoms with Crippen LogP contribution in [-0.4, -0.2) is 42.0 Å². The van der Waals surface area contributed by atoms with Gasteiger partial charge in [-0.25, -0.2) is 4.39 Å². The van der Waals surface area contributed by atoms with Crippen LogP contribution in [-0.2, 0) is 25.4 Å². The van der Waals surface area contributed by atoms with Crippen molar-refractivity contribution in [2.75, 3.05) is 7.11 Å². The number of rotatable bonds is 11. The minimum absolute atomic E-state index is 0.149. The first-order valence-electron chi connectivity index (χ1n) is 16.8. The molecular formula is C39H48BFNO5-. The number of hydrogen-bond donors (Lipinski definition) is 0. The lowest BCUT2D eigenvalue weighted by molar-refractivity contribution is -0.158. The molecular weight excluding hydrogens is 592 g/mol. The Morgan fingerprint density at radius 1 is 0.957 bits per heavy atom. The lowest BCUT2D eigenvalue weighted by Crippen LogP contribution is -2.61. The summed E-state index contributed by atoms with van der Waals surface area (Å²) in [6.45, 7) is 10.9. The van der Waals surface area contributed by atoms with Gasteiger partial charge in [-0.3, -0.25) is 4.79 Å². The molecule has 0 saturated carbocycles. The number of aromatic nitrogens is 1. The molecule has 0 radical (unpaired) electrons. The van der Waals surface area contributed by atoms with Crippen molar-refractivity contribution in [1.82, 2.24) is 4.57 Å². The number of nitrogens with zero attached hydrogens (tertiary/aromatic N) is 1. The molecule has 0 spiro atoms. The topological polar surface area (TPSA) is 58.9 Å². The molecule has 1 saturated heterocycles. The van der Waals surface area contributed by atoms with Gasteiger partial charge in [0.2, 0.25) is 0 Å². The molecule has 0 amide bonds. The molecule has 1 aliphatic heterocycles. The van der Waals surface area contributed by atoms with Gasteiger partial charge in [-0.05, 0) is 93.1 Å². The zero-order valence-corrected chi connectivity index (χ0v) is 28.8. The fourth-order valence-corrected chi connectivity index (χ4v) is 6.74. The minimum atomic E-state index is -1.89. The number of halogens is 1. The summed E-state index contributed by atoms with van der Waals surface area (Å²) in [4.78, 5) is 13.0. The van der Waals surface area contributed by atoms with E-state index in [1.54, 1.807) is 7.11 Å². The first-order chi connectivity index (χ1) is 22.4. The first-order valence-corrected chi connectivity index (χ1v) is 16.8. The molecule has 1 aromatic heterocycles. The molecule has 2 heterocycles. The largest absolute Gasteiger partial charge is 0.562 e. The number of hydrogen-bond acceptors (Lipinski definition) is 5. The van der Waals surface area contributed by atoms with Crippen LogP contribution in [0.25, 0.3) is 22.4 Å². The molecule has 4 aromatic rings. The lowest BCUT2D eigenvalue weighted by Gasteiger charge is -2.52. The Kier molecular flexibility index (Phi) is 10.6. The van der Waals surface area contributed by atoms with Gasteiger partial charge >= 0.3 is 5.97 Å². The van der Waals surface area contributed by atoms with Crippen LogP contribution in [0.1, 0.15) is 72.4 Å². The van der Waals surface area contributed by atoms with E-state index in [0.717, 1.165) is 33.6 Å². The summed E-state index contributed by atoms with van der Waals surface area (Å²) >= 11 is 0. The molecule has 1 aliphatic rings. The van der Waals surface area contributed by atoms with Crippen molar-refractivity contribution >= 4 is 18.0 Å². The highest BCUT2D eigenvalue weighted by atomic mass is 19.1. The average molecular weight is 641 g/mol. The van der Waals surface area contributed by atoms with Crippen LogP contribution >= 0.6 is 0 Å². The van der Waals surface area contributed by atoms with Crippen molar-refractivity contribution in [1.29, 1.82) is 0 Å². The Morgan fingerprint density at radius 3 is 2.21 bits per heavy atom. The Hall–Kier alpha value is -3.88. The van der Waals surface area contributed by atoms with Crippen molar-refractivity contribution in [3.05, 3.63) is 96.4 Å². The number of methoxy groups -OCH3 is 1. The van der Waals surface area contributed by atoms with Gasteiger partial charge in [0.15, 0.2) is 0 Å². The van der Waals surface area contributed by atoms with Crippen molar-refractivity contribution in [3.8, 4) is 28.1 Å². The zero-order chi connectivity index (χ0) is 33.8. The van der Waals surface area contributed by atoms with Crippen LogP contribution < -0.4 is 10.2 Å². The monoisotopic (exact) mass is 640 g/mol. The fourth-order valence-electron chi connectivity index (χ4n) is 6.74. The highest BCUT2D eigenvalue weighted by Gasteiger charge is 2.39. The predicted molar refractivity (Wildman–Crippen MR) is 188 cm³/mol. The summed E-state index contributed by atoms with van der Waals surface area (Å²) in [5.74, 6) is 0.461. The van der Waals surface area contributed by atoms with Gasteiger partial charge in [0.1, 0.15) is 17.2 Å². The Balaban J connectivity index is 1.51. The van der Waals surface area contributed by atoms with Gasteiger partial charge in [-0.15, -0.1) is 6.32 Å². The summed E-state index contributed by atoms with van der Waals surface area (Å²) in [5, 5.41) is 0. The van der Waals surface area contributed by atoms with Gasteiger partial charge in [0.25, 0.3) is 6.55 Å². The van der Waals surface area contributed by atoms with E-state index in [1.165, 1.54) is 17.8 Å². The van der Waals surface area contributed by atoms with Crippen LogP contribution in [0.15, 0.2) is 84.9 Å². The van der Waals surface area contributed by atoms with E-state index in [0.29, 0.717) is 25.7 Å². The third-order valence-electron chi connectivity index (χ3n) is 8.92. The number of esters is 1. The Labute approximate surface area is 279 Å². The highest BCUT2D eigenvalue weighted by molar-refractivity contribution is 6.81. The van der Waals surface area contributed by atoms with Gasteiger partial charge in [0.05, 0.1) is 19.2 Å². The van der Waals surface area contributed by atoms with E-state index in [1.807, 2.05) is 75.4 Å². The third-order valence-corrected chi connectivity index (χ3v) is 8.92. The molecule has 6 nitrogen and oxygen atoms in total. The number of carbonyl (C=O) groups is 1. The number of benzene rings is 3. The van der Waals surface area contributed by atoms with Crippen LogP contribution in [0.2, 0.25) is 6.32 Å². The summed E-state index contributed by atoms with van der Waals surface area (Å²) in [7, 11) is 1.65. The molecule has 47 heavy (non-hydrogen) atoms. The fraction of sp³-hybridized carbons (Fsp3) is 0.410. The van der Waals surface area contributed by atoms with E-state index < -0.39 is 12.2 Å². The summed E-state index contributed by atoms with van der Waals surface area (Å²) in [6, 6.07) is 27.2. The SMILES string of the molecule is CC[B-]1(c2ccc(OC)cc2)O[C@H](CCn2c(C(C)C)cc(-c3ccccc3)c2-c2ccc(F)cc2)C[C@H](CC(=O)OC(C)(C)C)O1. The molecule has 1 unspecified atom stereocenters. The van der Waals surface area contributed by atoms with Crippen LogP contribution in [0.3, 0.4) is 0 Å². The molecule has 5 rings (SSSR count). The molecule has 0 N–H and O–H groups in total. The van der Waals surface area contributed by atoms with Crippen LogP contribution in [0.5, 0.6) is 5.75 Å². The maximum atomic E-state index is 14.1. The van der Waals surface area contributed by atoms with Gasteiger partial charge in [-0.1, -0.05) is 63.2 Å². The summed E-state index contributed by atoms with van der Waals surface area (Å²) in [6.07, 6.45) is 1.49. The minimum Gasteiger partial charge on any atom is -0.562 e.